The molecule has 2 N–H and O–H groups in total. The van der Waals surface area contributed by atoms with Gasteiger partial charge in [-0.15, -0.1) is 0 Å². The Bertz CT molecular complexity index is 978. The van der Waals surface area contributed by atoms with Gasteiger partial charge in [-0.25, -0.2) is 9.97 Å². The average Bonchev–Trinajstić information content (AvgIpc) is 3.36. The van der Waals surface area contributed by atoms with Crippen molar-refractivity contribution in [3.8, 4) is 11.8 Å². The summed E-state index contributed by atoms with van der Waals surface area (Å²) in [4.78, 5) is 8.66. The van der Waals surface area contributed by atoms with E-state index >= 15 is 0 Å². The number of hydrogen-bond donors (Lipinski definition) is 2. The summed E-state index contributed by atoms with van der Waals surface area (Å²) in [6.07, 6.45) is 6.18. The summed E-state index contributed by atoms with van der Waals surface area (Å²) in [5.41, 5.74) is 1.65. The number of para-hydroxylation sites is 2. The highest BCUT2D eigenvalue weighted by atomic mass is 16.5. The molecule has 27 heavy (non-hydrogen) atoms. The second-order valence-corrected chi connectivity index (χ2v) is 5.85. The molecule has 1 aromatic carbocycles. The summed E-state index contributed by atoms with van der Waals surface area (Å²) in [6.45, 7) is 1.51. The molecule has 1 aliphatic rings. The molecule has 3 heterocycles. The molecule has 0 fully saturated rings. The van der Waals surface area contributed by atoms with E-state index in [1.54, 1.807) is 18.5 Å². The molecule has 0 atom stereocenters. The summed E-state index contributed by atoms with van der Waals surface area (Å²) >= 11 is 0. The third-order valence-corrected chi connectivity index (χ3v) is 4.00. The van der Waals surface area contributed by atoms with E-state index in [0.717, 1.165) is 18.7 Å². The zero-order chi connectivity index (χ0) is 18.5. The number of anilines is 2. The fourth-order valence-corrected chi connectivity index (χ4v) is 2.71. The summed E-state index contributed by atoms with van der Waals surface area (Å²) in [5.74, 6) is 1.53. The van der Waals surface area contributed by atoms with Crippen LogP contribution in [0.5, 0.6) is 5.75 Å². The Morgan fingerprint density at radius 1 is 1.22 bits per heavy atom. The number of aryl methyl sites for hydroxylation is 1. The molecule has 8 nitrogen and oxygen atoms in total. The molecular formula is C19H17N7O. The number of benzene rings is 1. The van der Waals surface area contributed by atoms with E-state index in [4.69, 9.17) is 4.74 Å². The standard InChI is InChI=1S/C19H17N7O/c20-13-14(18-24-16-5-1-2-6-17(16)27-18)15-7-10-22-19(25-15)21-8-3-11-26-12-4-9-23-26/h1-2,4-7,9-10,12,24H,3,8,11H2,(H,21,22,25)/b18-14-. The molecule has 2 aromatic heterocycles. The molecular weight excluding hydrogens is 342 g/mol. The number of allylic oxidation sites excluding steroid dienone is 1. The monoisotopic (exact) mass is 359 g/mol. The van der Waals surface area contributed by atoms with Crippen molar-refractivity contribution in [3.63, 3.8) is 0 Å². The highest BCUT2D eigenvalue weighted by molar-refractivity contribution is 5.81. The maximum absolute atomic E-state index is 9.61. The molecule has 0 bridgehead atoms. The molecule has 0 saturated carbocycles. The van der Waals surface area contributed by atoms with Crippen molar-refractivity contribution >= 4 is 17.2 Å². The Hall–Kier alpha value is -3.86. The van der Waals surface area contributed by atoms with Crippen LogP contribution in [0.15, 0.2) is 60.9 Å². The summed E-state index contributed by atoms with van der Waals surface area (Å²) in [7, 11) is 0. The first kappa shape index (κ1) is 16.6. The van der Waals surface area contributed by atoms with Crippen molar-refractivity contribution in [1.29, 1.82) is 5.26 Å². The first-order valence-corrected chi connectivity index (χ1v) is 8.56. The van der Waals surface area contributed by atoms with E-state index < -0.39 is 0 Å². The predicted molar refractivity (Wildman–Crippen MR) is 101 cm³/mol. The van der Waals surface area contributed by atoms with Gasteiger partial charge in [0.05, 0.1) is 11.4 Å². The number of rotatable bonds is 6. The lowest BCUT2D eigenvalue weighted by atomic mass is 10.2. The lowest BCUT2D eigenvalue weighted by Gasteiger charge is -2.07. The van der Waals surface area contributed by atoms with Gasteiger partial charge in [-0.3, -0.25) is 4.68 Å². The van der Waals surface area contributed by atoms with Crippen LogP contribution < -0.4 is 15.4 Å². The number of ether oxygens (including phenoxy) is 1. The molecule has 8 heteroatoms. The third-order valence-electron chi connectivity index (χ3n) is 4.00. The first-order chi connectivity index (χ1) is 13.3. The summed E-state index contributed by atoms with van der Waals surface area (Å²) in [5, 5.41) is 20.1. The highest BCUT2D eigenvalue weighted by Gasteiger charge is 2.21. The molecule has 0 saturated heterocycles. The van der Waals surface area contributed by atoms with Gasteiger partial charge in [0, 0.05) is 31.7 Å². The van der Waals surface area contributed by atoms with Gasteiger partial charge in [-0.05, 0) is 30.7 Å². The van der Waals surface area contributed by atoms with Crippen LogP contribution in [0.3, 0.4) is 0 Å². The number of nitrogens with one attached hydrogen (secondary N) is 2. The van der Waals surface area contributed by atoms with Crippen LogP contribution in [0, 0.1) is 11.3 Å². The normalized spacial score (nSPS) is 13.9. The Labute approximate surface area is 156 Å². The Morgan fingerprint density at radius 2 is 2.15 bits per heavy atom. The second-order valence-electron chi connectivity index (χ2n) is 5.85. The summed E-state index contributed by atoms with van der Waals surface area (Å²) in [6, 6.07) is 13.3. The zero-order valence-electron chi connectivity index (χ0n) is 14.5. The van der Waals surface area contributed by atoms with E-state index in [0.29, 0.717) is 35.4 Å². The maximum atomic E-state index is 9.61. The smallest absolute Gasteiger partial charge is 0.223 e. The molecule has 0 radical (unpaired) electrons. The lowest BCUT2D eigenvalue weighted by Crippen LogP contribution is -2.10. The van der Waals surface area contributed by atoms with Crippen LogP contribution in [0.25, 0.3) is 5.57 Å². The van der Waals surface area contributed by atoms with E-state index in [2.05, 4.69) is 31.8 Å². The van der Waals surface area contributed by atoms with Crippen molar-refractivity contribution in [2.75, 3.05) is 17.2 Å². The first-order valence-electron chi connectivity index (χ1n) is 8.56. The summed E-state index contributed by atoms with van der Waals surface area (Å²) < 4.78 is 7.62. The van der Waals surface area contributed by atoms with E-state index in [1.165, 1.54) is 0 Å². The van der Waals surface area contributed by atoms with E-state index in [-0.39, 0.29) is 0 Å². The maximum Gasteiger partial charge on any atom is 0.223 e. The van der Waals surface area contributed by atoms with Gasteiger partial charge in [0.2, 0.25) is 11.8 Å². The molecule has 4 rings (SSSR count). The van der Waals surface area contributed by atoms with Gasteiger partial charge in [-0.2, -0.15) is 10.4 Å². The SMILES string of the molecule is N#C/C(=C1\Nc2ccccc2O1)c1ccnc(NCCCn2cccn2)n1. The van der Waals surface area contributed by atoms with Crippen LogP contribution in [0.2, 0.25) is 0 Å². The molecule has 0 amide bonds. The Balaban J connectivity index is 1.45. The minimum atomic E-state index is 0.327. The van der Waals surface area contributed by atoms with Crippen molar-refractivity contribution < 1.29 is 4.74 Å². The quantitative estimate of drug-likeness (QED) is 0.515. The molecule has 134 valence electrons. The minimum absolute atomic E-state index is 0.327. The predicted octanol–water partition coefficient (Wildman–Crippen LogP) is 2.87. The lowest BCUT2D eigenvalue weighted by molar-refractivity contribution is 0.460. The number of fused-ring (bicyclic) bond motifs is 1. The molecule has 0 aliphatic carbocycles. The van der Waals surface area contributed by atoms with Gasteiger partial charge in [0.15, 0.2) is 5.75 Å². The van der Waals surface area contributed by atoms with Gasteiger partial charge in [0.25, 0.3) is 0 Å². The highest BCUT2D eigenvalue weighted by Crippen LogP contribution is 2.35. The van der Waals surface area contributed by atoms with Gasteiger partial charge in [-0.1, -0.05) is 12.1 Å². The molecule has 1 aliphatic heterocycles. The fraction of sp³-hybridized carbons (Fsp3) is 0.158. The third kappa shape index (κ3) is 3.72. The number of aromatic nitrogens is 4. The molecule has 0 spiro atoms. The largest absolute Gasteiger partial charge is 0.437 e. The number of nitriles is 1. The zero-order valence-corrected chi connectivity index (χ0v) is 14.5. The van der Waals surface area contributed by atoms with Crippen molar-refractivity contribution in [2.45, 2.75) is 13.0 Å². The second kappa shape index (κ2) is 7.58. The average molecular weight is 359 g/mol. The van der Waals surface area contributed by atoms with Crippen LogP contribution in [0.1, 0.15) is 12.1 Å². The van der Waals surface area contributed by atoms with E-state index in [1.807, 2.05) is 41.2 Å². The fourth-order valence-electron chi connectivity index (χ4n) is 2.71. The Kier molecular flexibility index (Phi) is 4.66. The molecule has 3 aromatic rings. The van der Waals surface area contributed by atoms with Crippen LogP contribution >= 0.6 is 0 Å². The van der Waals surface area contributed by atoms with Gasteiger partial charge >= 0.3 is 0 Å². The number of hydrogen-bond acceptors (Lipinski definition) is 7. The number of nitrogens with zero attached hydrogens (tertiary/aromatic N) is 5. The minimum Gasteiger partial charge on any atom is -0.437 e. The van der Waals surface area contributed by atoms with Crippen molar-refractivity contribution in [1.82, 2.24) is 19.7 Å². The van der Waals surface area contributed by atoms with Crippen LogP contribution in [0.4, 0.5) is 11.6 Å². The molecule has 0 unspecified atom stereocenters. The topological polar surface area (TPSA) is 101 Å². The van der Waals surface area contributed by atoms with Gasteiger partial charge in [0.1, 0.15) is 11.6 Å². The van der Waals surface area contributed by atoms with Gasteiger partial charge < -0.3 is 15.4 Å². The van der Waals surface area contributed by atoms with E-state index in [9.17, 15) is 5.26 Å². The Morgan fingerprint density at radius 3 is 2.96 bits per heavy atom. The van der Waals surface area contributed by atoms with Crippen LogP contribution in [-0.4, -0.2) is 26.3 Å². The van der Waals surface area contributed by atoms with Crippen molar-refractivity contribution in [3.05, 3.63) is 66.6 Å². The van der Waals surface area contributed by atoms with Crippen LogP contribution in [-0.2, 0) is 6.54 Å². The van der Waals surface area contributed by atoms with Crippen molar-refractivity contribution in [2.24, 2.45) is 0 Å².